The smallest absolute Gasteiger partial charge is 0.257 e. The van der Waals surface area contributed by atoms with Gasteiger partial charge < -0.3 is 14.9 Å². The Labute approximate surface area is 162 Å². The Morgan fingerprint density at radius 1 is 1.15 bits per heavy atom. The fourth-order valence-electron chi connectivity index (χ4n) is 3.71. The number of likely N-dealkylation sites (tertiary alicyclic amines) is 1. The molecule has 7 heteroatoms. The van der Waals surface area contributed by atoms with Gasteiger partial charge in [-0.2, -0.15) is 0 Å². The molecule has 2 fully saturated rings. The van der Waals surface area contributed by atoms with Crippen LogP contribution in [0.1, 0.15) is 36.5 Å². The third kappa shape index (κ3) is 4.38. The van der Waals surface area contributed by atoms with Crippen molar-refractivity contribution in [1.82, 2.24) is 14.7 Å². The highest BCUT2D eigenvalue weighted by Crippen LogP contribution is 2.24. The van der Waals surface area contributed by atoms with Crippen molar-refractivity contribution in [2.45, 2.75) is 32.2 Å². The molecular formula is C19H26BrN3O3. The number of carbonyl (C=O) groups excluding carboxylic acids is 2. The second-order valence-corrected chi connectivity index (χ2v) is 8.08. The molecule has 0 saturated carbocycles. The minimum atomic E-state index is -0.167. The predicted octanol–water partition coefficient (Wildman–Crippen LogP) is 2.31. The summed E-state index contributed by atoms with van der Waals surface area (Å²) in [4.78, 5) is 31.1. The molecule has 2 aliphatic heterocycles. The minimum absolute atomic E-state index is 0.00473. The van der Waals surface area contributed by atoms with Gasteiger partial charge in [0.1, 0.15) is 5.75 Å². The summed E-state index contributed by atoms with van der Waals surface area (Å²) in [7, 11) is 0. The number of hydrogen-bond donors (Lipinski definition) is 1. The van der Waals surface area contributed by atoms with Gasteiger partial charge in [-0.3, -0.25) is 14.5 Å². The molecule has 2 aliphatic rings. The van der Waals surface area contributed by atoms with Gasteiger partial charge in [0.25, 0.3) is 5.91 Å². The molecule has 2 amide bonds. The van der Waals surface area contributed by atoms with Crippen LogP contribution in [-0.4, -0.2) is 76.9 Å². The summed E-state index contributed by atoms with van der Waals surface area (Å²) >= 11 is 3.34. The third-order valence-corrected chi connectivity index (χ3v) is 5.82. The summed E-state index contributed by atoms with van der Waals surface area (Å²) in [6.45, 7) is 5.89. The first kappa shape index (κ1) is 19.2. The number of amides is 2. The number of carbonyl (C=O) groups is 2. The Balaban J connectivity index is 1.53. The van der Waals surface area contributed by atoms with E-state index in [2.05, 4.69) is 27.8 Å². The third-order valence-electron chi connectivity index (χ3n) is 5.33. The average molecular weight is 424 g/mol. The normalized spacial score (nSPS) is 21.7. The van der Waals surface area contributed by atoms with Gasteiger partial charge >= 0.3 is 0 Å². The Bertz CT molecular complexity index is 674. The maximum atomic E-state index is 12.6. The Morgan fingerprint density at radius 3 is 2.58 bits per heavy atom. The molecule has 2 saturated heterocycles. The van der Waals surface area contributed by atoms with E-state index in [-0.39, 0.29) is 17.6 Å². The molecule has 0 aliphatic carbocycles. The highest BCUT2D eigenvalue weighted by atomic mass is 79.9. The molecule has 0 radical (unpaired) electrons. The summed E-state index contributed by atoms with van der Waals surface area (Å²) in [6, 6.07) is 5.20. The highest BCUT2D eigenvalue weighted by Gasteiger charge is 2.28. The second kappa shape index (κ2) is 8.39. The Morgan fingerprint density at radius 2 is 1.88 bits per heavy atom. The zero-order chi connectivity index (χ0) is 18.7. The molecule has 1 aromatic carbocycles. The molecule has 1 N–H and O–H groups in total. The van der Waals surface area contributed by atoms with Crippen LogP contribution in [-0.2, 0) is 4.79 Å². The topological polar surface area (TPSA) is 64.1 Å². The van der Waals surface area contributed by atoms with Crippen LogP contribution in [0.5, 0.6) is 5.75 Å². The van der Waals surface area contributed by atoms with E-state index >= 15 is 0 Å². The van der Waals surface area contributed by atoms with Crippen LogP contribution in [0.15, 0.2) is 22.7 Å². The molecule has 0 bridgehead atoms. The Hall–Kier alpha value is -1.60. The number of piperazine rings is 1. The predicted molar refractivity (Wildman–Crippen MR) is 103 cm³/mol. The van der Waals surface area contributed by atoms with E-state index in [9.17, 15) is 14.7 Å². The largest absolute Gasteiger partial charge is 0.507 e. The van der Waals surface area contributed by atoms with Gasteiger partial charge in [0.05, 0.1) is 12.1 Å². The highest BCUT2D eigenvalue weighted by molar-refractivity contribution is 9.10. The lowest BCUT2D eigenvalue weighted by atomic mass is 10.0. The molecule has 26 heavy (non-hydrogen) atoms. The summed E-state index contributed by atoms with van der Waals surface area (Å²) in [6.07, 6.45) is 3.38. The van der Waals surface area contributed by atoms with Gasteiger partial charge in [0.15, 0.2) is 0 Å². The molecular weight excluding hydrogens is 398 g/mol. The lowest BCUT2D eigenvalue weighted by Crippen LogP contribution is -2.53. The zero-order valence-corrected chi connectivity index (χ0v) is 16.7. The number of rotatable bonds is 3. The standard InChI is InChI=1S/C19H26BrN3O3/c1-14-4-2-3-7-23(14)18(25)13-21-8-10-22(11-9-21)19(26)16-12-15(20)5-6-17(16)24/h5-6,12,14,24H,2-4,7-11,13H2,1H3. The van der Waals surface area contributed by atoms with Crippen LogP contribution < -0.4 is 0 Å². The summed E-state index contributed by atoms with van der Waals surface area (Å²) < 4.78 is 0.763. The second-order valence-electron chi connectivity index (χ2n) is 7.16. The van der Waals surface area contributed by atoms with Gasteiger partial charge in [-0.05, 0) is 44.4 Å². The zero-order valence-electron chi connectivity index (χ0n) is 15.2. The molecule has 1 unspecified atom stereocenters. The van der Waals surface area contributed by atoms with E-state index in [1.54, 1.807) is 17.0 Å². The van der Waals surface area contributed by atoms with E-state index < -0.39 is 0 Å². The summed E-state index contributed by atoms with van der Waals surface area (Å²) in [5.74, 6) is 0.0240. The molecule has 3 rings (SSSR count). The van der Waals surface area contributed by atoms with Crippen molar-refractivity contribution in [3.63, 3.8) is 0 Å². The van der Waals surface area contributed by atoms with Crippen molar-refractivity contribution in [2.24, 2.45) is 0 Å². The number of phenolic OH excluding ortho intramolecular Hbond substituents is 1. The molecule has 6 nitrogen and oxygen atoms in total. The van der Waals surface area contributed by atoms with Crippen LogP contribution in [0, 0.1) is 0 Å². The SMILES string of the molecule is CC1CCCCN1C(=O)CN1CCN(C(=O)c2cc(Br)ccc2O)CC1. The van der Waals surface area contributed by atoms with Crippen LogP contribution in [0.3, 0.4) is 0 Å². The van der Waals surface area contributed by atoms with Crippen molar-refractivity contribution >= 4 is 27.7 Å². The van der Waals surface area contributed by atoms with Crippen molar-refractivity contribution in [2.75, 3.05) is 39.3 Å². The number of benzene rings is 1. The van der Waals surface area contributed by atoms with Crippen LogP contribution in [0.4, 0.5) is 0 Å². The molecule has 1 aromatic rings. The van der Waals surface area contributed by atoms with Crippen molar-refractivity contribution in [1.29, 1.82) is 0 Å². The molecule has 2 heterocycles. The number of halogens is 1. The van der Waals surface area contributed by atoms with Gasteiger partial charge in [-0.15, -0.1) is 0 Å². The molecule has 0 spiro atoms. The maximum absolute atomic E-state index is 12.6. The fraction of sp³-hybridized carbons (Fsp3) is 0.579. The average Bonchev–Trinajstić information content (AvgIpc) is 2.64. The molecule has 0 aromatic heterocycles. The van der Waals surface area contributed by atoms with Crippen molar-refractivity contribution in [3.8, 4) is 5.75 Å². The van der Waals surface area contributed by atoms with E-state index in [4.69, 9.17) is 0 Å². The Kier molecular flexibility index (Phi) is 6.19. The van der Waals surface area contributed by atoms with Crippen molar-refractivity contribution in [3.05, 3.63) is 28.2 Å². The first-order chi connectivity index (χ1) is 12.5. The fourth-order valence-corrected chi connectivity index (χ4v) is 4.07. The van der Waals surface area contributed by atoms with Crippen LogP contribution in [0.25, 0.3) is 0 Å². The monoisotopic (exact) mass is 423 g/mol. The van der Waals surface area contributed by atoms with E-state index in [0.29, 0.717) is 44.3 Å². The first-order valence-electron chi connectivity index (χ1n) is 9.25. The number of piperidine rings is 1. The van der Waals surface area contributed by atoms with Gasteiger partial charge in [-0.25, -0.2) is 0 Å². The van der Waals surface area contributed by atoms with Crippen molar-refractivity contribution < 1.29 is 14.7 Å². The maximum Gasteiger partial charge on any atom is 0.257 e. The number of phenols is 1. The lowest BCUT2D eigenvalue weighted by molar-refractivity contribution is -0.136. The lowest BCUT2D eigenvalue weighted by Gasteiger charge is -2.38. The van der Waals surface area contributed by atoms with Gasteiger partial charge in [0.2, 0.25) is 5.91 Å². The van der Waals surface area contributed by atoms with Gasteiger partial charge in [-0.1, -0.05) is 15.9 Å². The molecule has 1 atom stereocenters. The quantitative estimate of drug-likeness (QED) is 0.809. The summed E-state index contributed by atoms with van der Waals surface area (Å²) in [5, 5.41) is 9.95. The number of hydrogen-bond acceptors (Lipinski definition) is 4. The first-order valence-corrected chi connectivity index (χ1v) is 10.0. The minimum Gasteiger partial charge on any atom is -0.507 e. The van der Waals surface area contributed by atoms with Crippen LogP contribution in [0.2, 0.25) is 0 Å². The number of aromatic hydroxyl groups is 1. The van der Waals surface area contributed by atoms with E-state index in [0.717, 1.165) is 23.9 Å². The number of nitrogens with zero attached hydrogens (tertiary/aromatic N) is 3. The van der Waals surface area contributed by atoms with E-state index in [1.807, 2.05) is 4.90 Å². The van der Waals surface area contributed by atoms with Crippen LogP contribution >= 0.6 is 15.9 Å². The van der Waals surface area contributed by atoms with E-state index in [1.165, 1.54) is 12.5 Å². The molecule has 142 valence electrons. The summed E-state index contributed by atoms with van der Waals surface area (Å²) in [5.41, 5.74) is 0.311. The van der Waals surface area contributed by atoms with Gasteiger partial charge in [0, 0.05) is 43.2 Å².